The SMILES string of the molecule is CCn1c(SC(C)C(=O)NC(=O)NC2CCCCC2)nnc1-c1ccc(Cl)cc1. The normalized spacial score (nSPS) is 15.7. The molecule has 1 unspecified atom stereocenters. The van der Waals surface area contributed by atoms with Crippen LogP contribution in [0.15, 0.2) is 29.4 Å². The molecule has 1 aliphatic carbocycles. The number of carbonyl (C=O) groups excluding carboxylic acids is 2. The molecule has 9 heteroatoms. The summed E-state index contributed by atoms with van der Waals surface area (Å²) >= 11 is 7.24. The highest BCUT2D eigenvalue weighted by molar-refractivity contribution is 8.00. The number of benzene rings is 1. The highest BCUT2D eigenvalue weighted by Crippen LogP contribution is 2.27. The summed E-state index contributed by atoms with van der Waals surface area (Å²) in [5.74, 6) is 0.372. The van der Waals surface area contributed by atoms with Gasteiger partial charge in [-0.2, -0.15) is 0 Å². The van der Waals surface area contributed by atoms with Crippen LogP contribution in [0.2, 0.25) is 5.02 Å². The topological polar surface area (TPSA) is 88.9 Å². The molecule has 0 saturated heterocycles. The molecule has 3 amide bonds. The number of rotatable bonds is 6. The van der Waals surface area contributed by atoms with Crippen LogP contribution in [0.25, 0.3) is 11.4 Å². The number of hydrogen-bond donors (Lipinski definition) is 2. The second-order valence-corrected chi connectivity index (χ2v) is 8.86. The lowest BCUT2D eigenvalue weighted by Gasteiger charge is -2.23. The summed E-state index contributed by atoms with van der Waals surface area (Å²) in [6, 6.07) is 7.12. The largest absolute Gasteiger partial charge is 0.335 e. The summed E-state index contributed by atoms with van der Waals surface area (Å²) in [6.07, 6.45) is 5.39. The molecule has 0 spiro atoms. The van der Waals surface area contributed by atoms with E-state index in [0.29, 0.717) is 22.5 Å². The van der Waals surface area contributed by atoms with Crippen molar-refractivity contribution in [2.45, 2.75) is 68.9 Å². The standard InChI is InChI=1S/C20H26ClN5O2S/c1-3-26-17(14-9-11-15(21)12-10-14)24-25-20(26)29-13(2)18(27)23-19(28)22-16-7-5-4-6-8-16/h9-13,16H,3-8H2,1-2H3,(H2,22,23,27,28). The molecule has 1 aromatic heterocycles. The van der Waals surface area contributed by atoms with E-state index in [1.807, 2.05) is 23.6 Å². The van der Waals surface area contributed by atoms with Crippen LogP contribution in [-0.4, -0.2) is 38.0 Å². The Hall–Kier alpha value is -2.06. The van der Waals surface area contributed by atoms with Gasteiger partial charge in [0.2, 0.25) is 5.91 Å². The summed E-state index contributed by atoms with van der Waals surface area (Å²) < 4.78 is 1.94. The number of nitrogens with zero attached hydrogens (tertiary/aromatic N) is 3. The van der Waals surface area contributed by atoms with Crippen LogP contribution in [-0.2, 0) is 11.3 Å². The molecule has 7 nitrogen and oxygen atoms in total. The molecule has 1 aromatic carbocycles. The van der Waals surface area contributed by atoms with Crippen LogP contribution in [0, 0.1) is 0 Å². The summed E-state index contributed by atoms with van der Waals surface area (Å²) in [7, 11) is 0. The van der Waals surface area contributed by atoms with Crippen molar-refractivity contribution in [1.82, 2.24) is 25.4 Å². The van der Waals surface area contributed by atoms with Crippen molar-refractivity contribution in [2.24, 2.45) is 0 Å². The zero-order valence-electron chi connectivity index (χ0n) is 16.7. The van der Waals surface area contributed by atoms with Crippen LogP contribution in [0.3, 0.4) is 0 Å². The van der Waals surface area contributed by atoms with Crippen LogP contribution in [0.4, 0.5) is 4.79 Å². The van der Waals surface area contributed by atoms with E-state index in [0.717, 1.165) is 31.2 Å². The minimum Gasteiger partial charge on any atom is -0.335 e. The minimum atomic E-state index is -0.486. The van der Waals surface area contributed by atoms with Crippen LogP contribution >= 0.6 is 23.4 Å². The molecule has 1 aliphatic rings. The van der Waals surface area contributed by atoms with Gasteiger partial charge < -0.3 is 9.88 Å². The van der Waals surface area contributed by atoms with Crippen molar-refractivity contribution >= 4 is 35.3 Å². The second kappa shape index (κ2) is 10.1. The van der Waals surface area contributed by atoms with Gasteiger partial charge in [0.05, 0.1) is 5.25 Å². The fraction of sp³-hybridized carbons (Fsp3) is 0.500. The van der Waals surface area contributed by atoms with E-state index in [1.54, 1.807) is 19.1 Å². The Balaban J connectivity index is 1.60. The van der Waals surface area contributed by atoms with E-state index in [9.17, 15) is 9.59 Å². The van der Waals surface area contributed by atoms with Gasteiger partial charge in [-0.05, 0) is 51.0 Å². The molecule has 2 aromatic rings. The highest BCUT2D eigenvalue weighted by atomic mass is 35.5. The zero-order chi connectivity index (χ0) is 20.8. The van der Waals surface area contributed by atoms with E-state index >= 15 is 0 Å². The molecule has 0 radical (unpaired) electrons. The van der Waals surface area contributed by atoms with Crippen molar-refractivity contribution in [3.8, 4) is 11.4 Å². The second-order valence-electron chi connectivity index (χ2n) is 7.12. The number of aromatic nitrogens is 3. The number of urea groups is 1. The van der Waals surface area contributed by atoms with Gasteiger partial charge >= 0.3 is 6.03 Å². The molecule has 0 bridgehead atoms. The Labute approximate surface area is 180 Å². The maximum absolute atomic E-state index is 12.4. The Bertz CT molecular complexity index is 849. The lowest BCUT2D eigenvalue weighted by molar-refractivity contribution is -0.119. The van der Waals surface area contributed by atoms with E-state index in [2.05, 4.69) is 20.8 Å². The van der Waals surface area contributed by atoms with Gasteiger partial charge in [-0.1, -0.05) is 42.6 Å². The minimum absolute atomic E-state index is 0.157. The number of halogens is 1. The van der Waals surface area contributed by atoms with Gasteiger partial charge in [0.15, 0.2) is 11.0 Å². The Morgan fingerprint density at radius 2 is 1.90 bits per heavy atom. The molecule has 2 N–H and O–H groups in total. The Morgan fingerprint density at radius 1 is 1.21 bits per heavy atom. The molecule has 0 aliphatic heterocycles. The fourth-order valence-electron chi connectivity index (χ4n) is 3.37. The molecule has 156 valence electrons. The third-order valence-corrected chi connectivity index (χ3v) is 6.30. The van der Waals surface area contributed by atoms with Crippen molar-refractivity contribution in [3.05, 3.63) is 29.3 Å². The average Bonchev–Trinajstić information content (AvgIpc) is 3.11. The number of hydrogen-bond acceptors (Lipinski definition) is 5. The summed E-state index contributed by atoms with van der Waals surface area (Å²) in [5.41, 5.74) is 0.902. The fourth-order valence-corrected chi connectivity index (χ4v) is 4.41. The first-order chi connectivity index (χ1) is 14.0. The quantitative estimate of drug-likeness (QED) is 0.662. The van der Waals surface area contributed by atoms with Crippen LogP contribution in [0.1, 0.15) is 46.0 Å². The van der Waals surface area contributed by atoms with Crippen molar-refractivity contribution in [2.75, 3.05) is 0 Å². The summed E-state index contributed by atoms with van der Waals surface area (Å²) in [6.45, 7) is 4.41. The summed E-state index contributed by atoms with van der Waals surface area (Å²) in [5, 5.41) is 14.7. The Morgan fingerprint density at radius 3 is 2.55 bits per heavy atom. The van der Waals surface area contributed by atoms with Gasteiger partial charge in [-0.15, -0.1) is 10.2 Å². The average molecular weight is 436 g/mol. The van der Waals surface area contributed by atoms with E-state index in [4.69, 9.17) is 11.6 Å². The lowest BCUT2D eigenvalue weighted by atomic mass is 9.96. The first kappa shape index (κ1) is 21.6. The number of imide groups is 1. The monoisotopic (exact) mass is 435 g/mol. The van der Waals surface area contributed by atoms with E-state index in [-0.39, 0.29) is 11.9 Å². The molecule has 1 atom stereocenters. The molecule has 1 heterocycles. The number of amides is 3. The molecule has 3 rings (SSSR count). The summed E-state index contributed by atoms with van der Waals surface area (Å²) in [4.78, 5) is 24.6. The maximum Gasteiger partial charge on any atom is 0.321 e. The Kier molecular flexibility index (Phi) is 7.55. The van der Waals surface area contributed by atoms with E-state index in [1.165, 1.54) is 18.2 Å². The zero-order valence-corrected chi connectivity index (χ0v) is 18.2. The van der Waals surface area contributed by atoms with Gasteiger partial charge in [-0.3, -0.25) is 10.1 Å². The van der Waals surface area contributed by atoms with Gasteiger partial charge in [0.25, 0.3) is 0 Å². The van der Waals surface area contributed by atoms with Crippen molar-refractivity contribution in [3.63, 3.8) is 0 Å². The maximum atomic E-state index is 12.4. The number of thioether (sulfide) groups is 1. The first-order valence-electron chi connectivity index (χ1n) is 9.95. The molecule has 1 fully saturated rings. The van der Waals surface area contributed by atoms with Crippen LogP contribution in [0.5, 0.6) is 0 Å². The van der Waals surface area contributed by atoms with Crippen molar-refractivity contribution in [1.29, 1.82) is 0 Å². The lowest BCUT2D eigenvalue weighted by Crippen LogP contribution is -2.47. The smallest absolute Gasteiger partial charge is 0.321 e. The van der Waals surface area contributed by atoms with Crippen molar-refractivity contribution < 1.29 is 9.59 Å². The van der Waals surface area contributed by atoms with Gasteiger partial charge in [0, 0.05) is 23.2 Å². The number of carbonyl (C=O) groups is 2. The molecular formula is C20H26ClN5O2S. The molecular weight excluding hydrogens is 410 g/mol. The van der Waals surface area contributed by atoms with E-state index < -0.39 is 11.3 Å². The molecule has 29 heavy (non-hydrogen) atoms. The van der Waals surface area contributed by atoms with Gasteiger partial charge in [0.1, 0.15) is 0 Å². The number of nitrogens with one attached hydrogen (secondary N) is 2. The molecule has 1 saturated carbocycles. The van der Waals surface area contributed by atoms with Crippen LogP contribution < -0.4 is 10.6 Å². The predicted molar refractivity (Wildman–Crippen MR) is 115 cm³/mol. The predicted octanol–water partition coefficient (Wildman–Crippen LogP) is 4.26. The highest BCUT2D eigenvalue weighted by Gasteiger charge is 2.23. The third-order valence-electron chi connectivity index (χ3n) is 4.96. The first-order valence-corrected chi connectivity index (χ1v) is 11.2. The third kappa shape index (κ3) is 5.73. The van der Waals surface area contributed by atoms with Gasteiger partial charge in [-0.25, -0.2) is 4.79 Å².